The maximum absolute atomic E-state index is 12.2. The molecule has 0 aromatic carbocycles. The van der Waals surface area contributed by atoms with E-state index in [4.69, 9.17) is 4.74 Å². The van der Waals surface area contributed by atoms with Gasteiger partial charge in [-0.15, -0.1) is 0 Å². The lowest BCUT2D eigenvalue weighted by molar-refractivity contribution is -0.156. The van der Waals surface area contributed by atoms with Gasteiger partial charge in [-0.25, -0.2) is 0 Å². The first-order valence-corrected chi connectivity index (χ1v) is 6.98. The summed E-state index contributed by atoms with van der Waals surface area (Å²) in [6.07, 6.45) is 10.2. The van der Waals surface area contributed by atoms with E-state index in [9.17, 15) is 9.59 Å². The quantitative estimate of drug-likeness (QED) is 0.479. The summed E-state index contributed by atoms with van der Waals surface area (Å²) in [6, 6.07) is 0. The van der Waals surface area contributed by atoms with E-state index in [0.29, 0.717) is 0 Å². The van der Waals surface area contributed by atoms with Gasteiger partial charge in [0.25, 0.3) is 0 Å². The van der Waals surface area contributed by atoms with Gasteiger partial charge in [0.15, 0.2) is 0 Å². The average Bonchev–Trinajstić information content (AvgIpc) is 2.55. The first-order valence-electron chi connectivity index (χ1n) is 6.98. The fraction of sp³-hybridized carbons (Fsp3) is 0.857. The van der Waals surface area contributed by atoms with Crippen molar-refractivity contribution in [2.75, 3.05) is 0 Å². The molecule has 0 aromatic heterocycles. The van der Waals surface area contributed by atoms with Crippen LogP contribution in [0.15, 0.2) is 0 Å². The molecule has 3 rings (SSSR count). The lowest BCUT2D eigenvalue weighted by atomic mass is 9.53. The van der Waals surface area contributed by atoms with Crippen molar-refractivity contribution >= 4 is 11.9 Å². The molecular weight excluding hydrogens is 216 g/mol. The molecule has 0 atom stereocenters. The van der Waals surface area contributed by atoms with Gasteiger partial charge in [0, 0.05) is 0 Å². The second-order valence-corrected chi connectivity index (χ2v) is 5.96. The van der Waals surface area contributed by atoms with E-state index in [1.807, 2.05) is 0 Å². The number of hydrogen-bond donors (Lipinski definition) is 0. The van der Waals surface area contributed by atoms with Gasteiger partial charge in [-0.05, 0) is 25.7 Å². The van der Waals surface area contributed by atoms with E-state index in [0.717, 1.165) is 51.4 Å². The molecule has 2 aliphatic carbocycles. The normalized spacial score (nSPS) is 30.8. The summed E-state index contributed by atoms with van der Waals surface area (Å²) in [6.45, 7) is 0. The molecule has 0 bridgehead atoms. The predicted molar refractivity (Wildman–Crippen MR) is 62.1 cm³/mol. The average molecular weight is 236 g/mol. The van der Waals surface area contributed by atoms with Crippen molar-refractivity contribution < 1.29 is 14.3 Å². The van der Waals surface area contributed by atoms with Crippen molar-refractivity contribution in [2.45, 2.75) is 64.2 Å². The number of esters is 2. The fourth-order valence-electron chi connectivity index (χ4n) is 4.35. The standard InChI is InChI=1S/C14H20O3/c15-11-13(7-3-1-4-8-13)14(12(16)17-11)9-5-2-6-10-14/h1-10H2. The SMILES string of the molecule is O=C1OC(=O)C2(CCCCC2)C12CCCCC2. The van der Waals surface area contributed by atoms with E-state index in [1.165, 1.54) is 12.8 Å². The molecule has 1 saturated heterocycles. The Morgan fingerprint density at radius 1 is 0.647 bits per heavy atom. The van der Waals surface area contributed by atoms with Crippen molar-refractivity contribution in [1.29, 1.82) is 0 Å². The van der Waals surface area contributed by atoms with Gasteiger partial charge >= 0.3 is 11.9 Å². The number of carbonyl (C=O) groups is 2. The summed E-state index contributed by atoms with van der Waals surface area (Å²) in [7, 11) is 0. The van der Waals surface area contributed by atoms with E-state index < -0.39 is 10.8 Å². The Hall–Kier alpha value is -0.860. The number of cyclic esters (lactones) is 2. The Balaban J connectivity index is 2.02. The van der Waals surface area contributed by atoms with E-state index in [1.54, 1.807) is 0 Å². The van der Waals surface area contributed by atoms with Gasteiger partial charge in [-0.3, -0.25) is 9.59 Å². The smallest absolute Gasteiger partial charge is 0.320 e. The van der Waals surface area contributed by atoms with Crippen LogP contribution < -0.4 is 0 Å². The van der Waals surface area contributed by atoms with Crippen molar-refractivity contribution in [3.8, 4) is 0 Å². The third-order valence-electron chi connectivity index (χ3n) is 5.30. The summed E-state index contributed by atoms with van der Waals surface area (Å²) < 4.78 is 5.07. The van der Waals surface area contributed by atoms with Gasteiger partial charge in [0.05, 0.1) is 10.8 Å². The summed E-state index contributed by atoms with van der Waals surface area (Å²) in [5.41, 5.74) is -0.883. The van der Waals surface area contributed by atoms with Gasteiger partial charge in [0.2, 0.25) is 0 Å². The molecule has 0 amide bonds. The van der Waals surface area contributed by atoms with Crippen LogP contribution >= 0.6 is 0 Å². The Morgan fingerprint density at radius 3 is 1.35 bits per heavy atom. The maximum Gasteiger partial charge on any atom is 0.320 e. The molecule has 0 N–H and O–H groups in total. The highest BCUT2D eigenvalue weighted by Crippen LogP contribution is 2.61. The zero-order valence-corrected chi connectivity index (χ0v) is 10.3. The largest absolute Gasteiger partial charge is 0.392 e. The molecule has 0 aromatic rings. The highest BCUT2D eigenvalue weighted by Gasteiger charge is 2.67. The number of rotatable bonds is 0. The van der Waals surface area contributed by atoms with Gasteiger partial charge in [-0.1, -0.05) is 38.5 Å². The van der Waals surface area contributed by atoms with Crippen LogP contribution in [0.5, 0.6) is 0 Å². The second kappa shape index (κ2) is 3.82. The second-order valence-electron chi connectivity index (χ2n) is 5.96. The summed E-state index contributed by atoms with van der Waals surface area (Å²) >= 11 is 0. The molecule has 3 heteroatoms. The lowest BCUT2D eigenvalue weighted by Crippen LogP contribution is -2.47. The zero-order chi connectivity index (χ0) is 11.9. The minimum atomic E-state index is -0.442. The van der Waals surface area contributed by atoms with Crippen molar-refractivity contribution in [1.82, 2.24) is 0 Å². The monoisotopic (exact) mass is 236 g/mol. The van der Waals surface area contributed by atoms with Crippen molar-refractivity contribution in [3.63, 3.8) is 0 Å². The topological polar surface area (TPSA) is 43.4 Å². The number of hydrogen-bond acceptors (Lipinski definition) is 3. The molecule has 3 nitrogen and oxygen atoms in total. The van der Waals surface area contributed by atoms with E-state index in [2.05, 4.69) is 0 Å². The highest BCUT2D eigenvalue weighted by molar-refractivity contribution is 6.01. The molecule has 2 spiro atoms. The first-order chi connectivity index (χ1) is 8.21. The number of fused-ring (bicyclic) bond motifs is 1. The molecule has 0 unspecified atom stereocenters. The minimum absolute atomic E-state index is 0.205. The summed E-state index contributed by atoms with van der Waals surface area (Å²) in [5.74, 6) is -0.409. The molecule has 1 heterocycles. The van der Waals surface area contributed by atoms with E-state index in [-0.39, 0.29) is 11.9 Å². The molecule has 17 heavy (non-hydrogen) atoms. The maximum atomic E-state index is 12.2. The highest BCUT2D eigenvalue weighted by atomic mass is 16.6. The van der Waals surface area contributed by atoms with Crippen LogP contribution in [0.1, 0.15) is 64.2 Å². The Morgan fingerprint density at radius 2 is 1.00 bits per heavy atom. The minimum Gasteiger partial charge on any atom is -0.392 e. The summed E-state index contributed by atoms with van der Waals surface area (Å²) in [4.78, 5) is 24.4. The number of ether oxygens (including phenoxy) is 1. The van der Waals surface area contributed by atoms with Gasteiger partial charge in [0.1, 0.15) is 0 Å². The van der Waals surface area contributed by atoms with Crippen LogP contribution in [0.25, 0.3) is 0 Å². The molecule has 3 aliphatic rings. The van der Waals surface area contributed by atoms with Crippen LogP contribution in [0, 0.1) is 10.8 Å². The fourth-order valence-corrected chi connectivity index (χ4v) is 4.35. The predicted octanol–water partition coefficient (Wildman–Crippen LogP) is 2.97. The zero-order valence-electron chi connectivity index (χ0n) is 10.3. The molecular formula is C14H20O3. The first kappa shape index (κ1) is 11.2. The van der Waals surface area contributed by atoms with Crippen LogP contribution in [-0.2, 0) is 14.3 Å². The van der Waals surface area contributed by atoms with Crippen LogP contribution in [-0.4, -0.2) is 11.9 Å². The molecule has 3 fully saturated rings. The molecule has 2 saturated carbocycles. The van der Waals surface area contributed by atoms with Gasteiger partial charge in [-0.2, -0.15) is 0 Å². The van der Waals surface area contributed by atoms with E-state index >= 15 is 0 Å². The lowest BCUT2D eigenvalue weighted by Gasteiger charge is -2.44. The summed E-state index contributed by atoms with van der Waals surface area (Å²) in [5, 5.41) is 0. The Kier molecular flexibility index (Phi) is 2.53. The van der Waals surface area contributed by atoms with Crippen LogP contribution in [0.4, 0.5) is 0 Å². The van der Waals surface area contributed by atoms with Crippen molar-refractivity contribution in [2.24, 2.45) is 10.8 Å². The Labute approximate surface area is 102 Å². The Bertz CT molecular complexity index is 312. The third-order valence-corrected chi connectivity index (χ3v) is 5.30. The van der Waals surface area contributed by atoms with Gasteiger partial charge < -0.3 is 4.74 Å². The van der Waals surface area contributed by atoms with Crippen LogP contribution in [0.2, 0.25) is 0 Å². The molecule has 1 aliphatic heterocycles. The van der Waals surface area contributed by atoms with Crippen LogP contribution in [0.3, 0.4) is 0 Å². The van der Waals surface area contributed by atoms with Crippen molar-refractivity contribution in [3.05, 3.63) is 0 Å². The number of carbonyl (C=O) groups excluding carboxylic acids is 2. The third kappa shape index (κ3) is 1.34. The molecule has 94 valence electrons. The molecule has 0 radical (unpaired) electrons.